The van der Waals surface area contributed by atoms with Gasteiger partial charge in [-0.1, -0.05) is 54.2 Å². The molecule has 0 atom stereocenters. The first kappa shape index (κ1) is 24.3. The van der Waals surface area contributed by atoms with Gasteiger partial charge in [0.15, 0.2) is 11.0 Å². The Bertz CT molecular complexity index is 1310. The van der Waals surface area contributed by atoms with Crippen LogP contribution < -0.4 is 10.6 Å². The Morgan fingerprint density at radius 1 is 1.03 bits per heavy atom. The lowest BCUT2D eigenvalue weighted by Gasteiger charge is -2.13. The van der Waals surface area contributed by atoms with Gasteiger partial charge in [-0.3, -0.25) is 14.2 Å². The normalized spacial score (nSPS) is 11.0. The Morgan fingerprint density at radius 2 is 1.77 bits per heavy atom. The molecule has 0 saturated heterocycles. The monoisotopic (exact) mass is 489 g/mol. The quantitative estimate of drug-likeness (QED) is 0.329. The molecular formula is C26H27N5O3S. The second-order valence-electron chi connectivity index (χ2n) is 8.28. The zero-order valence-electron chi connectivity index (χ0n) is 19.8. The summed E-state index contributed by atoms with van der Waals surface area (Å²) in [6.45, 7) is 6.21. The molecule has 2 N–H and O–H groups in total. The van der Waals surface area contributed by atoms with Crippen molar-refractivity contribution in [2.24, 2.45) is 0 Å². The number of aromatic nitrogens is 3. The third-order valence-corrected chi connectivity index (χ3v) is 6.16. The van der Waals surface area contributed by atoms with E-state index in [1.807, 2.05) is 61.7 Å². The van der Waals surface area contributed by atoms with Gasteiger partial charge in [-0.15, -0.1) is 10.2 Å². The molecule has 0 aliphatic rings. The molecule has 4 aromatic rings. The van der Waals surface area contributed by atoms with Crippen LogP contribution in [-0.4, -0.2) is 38.4 Å². The average Bonchev–Trinajstić information content (AvgIpc) is 3.43. The van der Waals surface area contributed by atoms with Crippen molar-refractivity contribution in [2.45, 2.75) is 38.5 Å². The van der Waals surface area contributed by atoms with Crippen LogP contribution in [0.2, 0.25) is 0 Å². The highest BCUT2D eigenvalue weighted by Gasteiger charge is 2.19. The van der Waals surface area contributed by atoms with Gasteiger partial charge < -0.3 is 15.1 Å². The molecule has 0 radical (unpaired) electrons. The summed E-state index contributed by atoms with van der Waals surface area (Å²) in [4.78, 5) is 25.3. The number of nitrogens with one attached hydrogen (secondary N) is 2. The van der Waals surface area contributed by atoms with Gasteiger partial charge in [0.05, 0.1) is 35.4 Å². The number of aryl methyl sites for hydroxylation is 1. The van der Waals surface area contributed by atoms with Crippen LogP contribution in [0.25, 0.3) is 11.4 Å². The van der Waals surface area contributed by atoms with Crippen molar-refractivity contribution >= 4 is 29.3 Å². The fourth-order valence-electron chi connectivity index (χ4n) is 3.57. The standard InChI is InChI=1S/C26H27N5O3S/c1-17(2)27-25(33)21-11-7-8-12-22(21)28-23(32)16-35-26-30-29-24(20-13-14-34-18(20)3)31(26)15-19-9-5-4-6-10-19/h4-14,17H,15-16H2,1-3H3,(H,27,33)(H,28,32). The maximum Gasteiger partial charge on any atom is 0.253 e. The smallest absolute Gasteiger partial charge is 0.253 e. The minimum Gasteiger partial charge on any atom is -0.469 e. The fraction of sp³-hybridized carbons (Fsp3) is 0.231. The van der Waals surface area contributed by atoms with Crippen molar-refractivity contribution in [2.75, 3.05) is 11.1 Å². The van der Waals surface area contributed by atoms with E-state index in [0.717, 1.165) is 16.9 Å². The van der Waals surface area contributed by atoms with Gasteiger partial charge in [0.25, 0.3) is 5.91 Å². The molecule has 0 saturated carbocycles. The highest BCUT2D eigenvalue weighted by atomic mass is 32.2. The molecule has 0 spiro atoms. The molecule has 2 aromatic carbocycles. The summed E-state index contributed by atoms with van der Waals surface area (Å²) in [7, 11) is 0. The van der Waals surface area contributed by atoms with Crippen LogP contribution in [0.3, 0.4) is 0 Å². The first-order chi connectivity index (χ1) is 16.9. The minimum absolute atomic E-state index is 0.00847. The lowest BCUT2D eigenvalue weighted by molar-refractivity contribution is -0.113. The van der Waals surface area contributed by atoms with Crippen LogP contribution in [0.1, 0.15) is 35.5 Å². The van der Waals surface area contributed by atoms with E-state index in [0.29, 0.717) is 28.8 Å². The molecule has 180 valence electrons. The van der Waals surface area contributed by atoms with Crippen LogP contribution >= 0.6 is 11.8 Å². The molecule has 0 aliphatic carbocycles. The van der Waals surface area contributed by atoms with Crippen LogP contribution in [0, 0.1) is 6.92 Å². The van der Waals surface area contributed by atoms with Crippen LogP contribution in [0.5, 0.6) is 0 Å². The summed E-state index contributed by atoms with van der Waals surface area (Å²) in [5.74, 6) is 1.06. The number of para-hydroxylation sites is 1. The number of nitrogens with zero attached hydrogens (tertiary/aromatic N) is 3. The number of carbonyl (C=O) groups is 2. The molecular weight excluding hydrogens is 462 g/mol. The molecule has 35 heavy (non-hydrogen) atoms. The van der Waals surface area contributed by atoms with Gasteiger partial charge in [0.2, 0.25) is 5.91 Å². The fourth-order valence-corrected chi connectivity index (χ4v) is 4.30. The van der Waals surface area contributed by atoms with Crippen LogP contribution in [0.4, 0.5) is 5.69 Å². The number of benzene rings is 2. The summed E-state index contributed by atoms with van der Waals surface area (Å²) < 4.78 is 7.45. The van der Waals surface area contributed by atoms with Crippen molar-refractivity contribution in [1.82, 2.24) is 20.1 Å². The summed E-state index contributed by atoms with van der Waals surface area (Å²) in [6, 6.07) is 18.8. The predicted molar refractivity (Wildman–Crippen MR) is 136 cm³/mol. The molecule has 9 heteroatoms. The number of amides is 2. The topological polar surface area (TPSA) is 102 Å². The van der Waals surface area contributed by atoms with Crippen LogP contribution in [-0.2, 0) is 11.3 Å². The Labute approximate surface area is 208 Å². The second-order valence-corrected chi connectivity index (χ2v) is 9.22. The molecule has 0 fully saturated rings. The Kier molecular flexibility index (Phi) is 7.67. The number of furan rings is 1. The number of thioether (sulfide) groups is 1. The van der Waals surface area contributed by atoms with E-state index in [1.165, 1.54) is 11.8 Å². The van der Waals surface area contributed by atoms with Gasteiger partial charge >= 0.3 is 0 Å². The van der Waals surface area contributed by atoms with E-state index in [4.69, 9.17) is 4.42 Å². The number of hydrogen-bond acceptors (Lipinski definition) is 6. The highest BCUT2D eigenvalue weighted by Crippen LogP contribution is 2.28. The van der Waals surface area contributed by atoms with E-state index in [2.05, 4.69) is 20.8 Å². The number of hydrogen-bond donors (Lipinski definition) is 2. The van der Waals surface area contributed by atoms with E-state index < -0.39 is 0 Å². The number of anilines is 1. The third kappa shape index (κ3) is 5.99. The number of carbonyl (C=O) groups excluding carboxylic acids is 2. The Hall–Kier alpha value is -3.85. The van der Waals surface area contributed by atoms with Crippen molar-refractivity contribution < 1.29 is 14.0 Å². The molecule has 0 aliphatic heterocycles. The molecule has 4 rings (SSSR count). The maximum atomic E-state index is 12.8. The Balaban J connectivity index is 1.51. The van der Waals surface area contributed by atoms with Crippen molar-refractivity contribution in [3.8, 4) is 11.4 Å². The van der Waals surface area contributed by atoms with Gasteiger partial charge in [-0.2, -0.15) is 0 Å². The maximum absolute atomic E-state index is 12.8. The van der Waals surface area contributed by atoms with Crippen LogP contribution in [0.15, 0.2) is 76.5 Å². The predicted octanol–water partition coefficient (Wildman–Crippen LogP) is 4.76. The molecule has 8 nitrogen and oxygen atoms in total. The zero-order valence-corrected chi connectivity index (χ0v) is 20.6. The second kappa shape index (κ2) is 11.1. The van der Waals surface area contributed by atoms with E-state index in [9.17, 15) is 9.59 Å². The SMILES string of the molecule is Cc1occc1-c1nnc(SCC(=O)Nc2ccccc2C(=O)NC(C)C)n1Cc1ccccc1. The lowest BCUT2D eigenvalue weighted by Crippen LogP contribution is -2.31. The van der Waals surface area contributed by atoms with Crippen molar-refractivity contribution in [3.63, 3.8) is 0 Å². The molecule has 2 heterocycles. The van der Waals surface area contributed by atoms with E-state index in [1.54, 1.807) is 30.5 Å². The largest absolute Gasteiger partial charge is 0.469 e. The summed E-state index contributed by atoms with van der Waals surface area (Å²) in [6.07, 6.45) is 1.62. The van der Waals surface area contributed by atoms with E-state index in [-0.39, 0.29) is 23.6 Å². The van der Waals surface area contributed by atoms with Gasteiger partial charge in [-0.05, 0) is 44.5 Å². The molecule has 2 aromatic heterocycles. The first-order valence-electron chi connectivity index (χ1n) is 11.3. The third-order valence-electron chi connectivity index (χ3n) is 5.20. The van der Waals surface area contributed by atoms with Crippen molar-refractivity contribution in [1.29, 1.82) is 0 Å². The zero-order chi connectivity index (χ0) is 24.8. The lowest BCUT2D eigenvalue weighted by atomic mass is 10.1. The molecule has 0 bridgehead atoms. The first-order valence-corrected chi connectivity index (χ1v) is 12.2. The average molecular weight is 490 g/mol. The number of rotatable bonds is 9. The van der Waals surface area contributed by atoms with Crippen molar-refractivity contribution in [3.05, 3.63) is 83.8 Å². The Morgan fingerprint density at radius 3 is 2.49 bits per heavy atom. The minimum atomic E-state index is -0.241. The van der Waals surface area contributed by atoms with Gasteiger partial charge in [0, 0.05) is 6.04 Å². The summed E-state index contributed by atoms with van der Waals surface area (Å²) in [5.41, 5.74) is 2.84. The summed E-state index contributed by atoms with van der Waals surface area (Å²) >= 11 is 1.29. The van der Waals surface area contributed by atoms with Gasteiger partial charge in [0.1, 0.15) is 5.76 Å². The van der Waals surface area contributed by atoms with E-state index >= 15 is 0 Å². The molecule has 0 unspecified atom stereocenters. The van der Waals surface area contributed by atoms with Gasteiger partial charge in [-0.25, -0.2) is 0 Å². The summed E-state index contributed by atoms with van der Waals surface area (Å²) in [5, 5.41) is 15.1. The molecule has 2 amide bonds. The highest BCUT2D eigenvalue weighted by molar-refractivity contribution is 7.99.